The summed E-state index contributed by atoms with van der Waals surface area (Å²) in [5.41, 5.74) is -0.814. The van der Waals surface area contributed by atoms with E-state index in [-0.39, 0.29) is 11.6 Å². The Hall–Kier alpha value is -0.810. The molecule has 0 aromatic heterocycles. The van der Waals surface area contributed by atoms with Gasteiger partial charge in [-0.3, -0.25) is 0 Å². The molecule has 0 aromatic carbocycles. The summed E-state index contributed by atoms with van der Waals surface area (Å²) in [7, 11) is 0. The second kappa shape index (κ2) is 7.45. The Morgan fingerprint density at radius 2 is 1.95 bits per heavy atom. The average Bonchev–Trinajstić information content (AvgIpc) is 2.33. The Kier molecular flexibility index (Phi) is 6.47. The smallest absolute Gasteiger partial charge is 0.408 e. The number of ether oxygens (including phenoxy) is 2. The van der Waals surface area contributed by atoms with Gasteiger partial charge in [-0.25, -0.2) is 4.79 Å². The highest BCUT2D eigenvalue weighted by Crippen LogP contribution is 2.17. The number of carbonyl (C=O) groups is 1. The highest BCUT2D eigenvalue weighted by Gasteiger charge is 2.27. The molecule has 1 saturated heterocycles. The van der Waals surface area contributed by atoms with E-state index in [1.54, 1.807) is 0 Å². The lowest BCUT2D eigenvalue weighted by molar-refractivity contribution is -0.00125. The van der Waals surface area contributed by atoms with Crippen LogP contribution in [0.4, 0.5) is 4.79 Å². The minimum atomic E-state index is -0.470. The highest BCUT2D eigenvalue weighted by molar-refractivity contribution is 5.68. The van der Waals surface area contributed by atoms with Crippen LogP contribution in [0.1, 0.15) is 60.8 Å². The minimum absolute atomic E-state index is 0.345. The first kappa shape index (κ1) is 18.2. The van der Waals surface area contributed by atoms with Gasteiger partial charge in [-0.15, -0.1) is 0 Å². The van der Waals surface area contributed by atoms with Crippen LogP contribution in [0.25, 0.3) is 0 Å². The van der Waals surface area contributed by atoms with Crippen LogP contribution in [0, 0.1) is 0 Å². The van der Waals surface area contributed by atoms with Crippen LogP contribution in [-0.2, 0) is 9.47 Å². The Morgan fingerprint density at radius 1 is 1.29 bits per heavy atom. The third-order valence-corrected chi connectivity index (χ3v) is 3.49. The quantitative estimate of drug-likeness (QED) is 0.819. The van der Waals surface area contributed by atoms with E-state index in [1.165, 1.54) is 0 Å². The van der Waals surface area contributed by atoms with E-state index in [0.29, 0.717) is 18.7 Å². The summed E-state index contributed by atoms with van der Waals surface area (Å²) < 4.78 is 11.0. The van der Waals surface area contributed by atoms with Gasteiger partial charge >= 0.3 is 6.09 Å². The Balaban J connectivity index is 2.36. The zero-order valence-corrected chi connectivity index (χ0v) is 14.4. The lowest BCUT2D eigenvalue weighted by Crippen LogP contribution is -2.54. The van der Waals surface area contributed by atoms with Crippen LogP contribution in [0.15, 0.2) is 0 Å². The van der Waals surface area contributed by atoms with Crippen molar-refractivity contribution < 1.29 is 14.3 Å². The van der Waals surface area contributed by atoms with Gasteiger partial charge in [0.25, 0.3) is 0 Å². The van der Waals surface area contributed by atoms with Crippen LogP contribution >= 0.6 is 0 Å². The van der Waals surface area contributed by atoms with Crippen molar-refractivity contribution in [3.63, 3.8) is 0 Å². The Morgan fingerprint density at radius 3 is 2.52 bits per heavy atom. The molecule has 1 fully saturated rings. The molecule has 124 valence electrons. The highest BCUT2D eigenvalue weighted by atomic mass is 16.6. The predicted octanol–water partition coefficient (Wildman–Crippen LogP) is 2.84. The molecular formula is C16H32N2O3. The average molecular weight is 300 g/mol. The lowest BCUT2D eigenvalue weighted by atomic mass is 9.99. The van der Waals surface area contributed by atoms with Gasteiger partial charge in [0.2, 0.25) is 0 Å². The summed E-state index contributed by atoms with van der Waals surface area (Å²) in [6, 6.07) is 0.461. The fraction of sp³-hybridized carbons (Fsp3) is 0.938. The van der Waals surface area contributed by atoms with Crippen molar-refractivity contribution in [1.82, 2.24) is 10.6 Å². The molecule has 0 spiro atoms. The predicted molar refractivity (Wildman–Crippen MR) is 84.5 cm³/mol. The molecular weight excluding hydrogens is 268 g/mol. The van der Waals surface area contributed by atoms with Crippen molar-refractivity contribution in [1.29, 1.82) is 0 Å². The minimum Gasteiger partial charge on any atom is -0.444 e. The van der Waals surface area contributed by atoms with E-state index in [2.05, 4.69) is 17.6 Å². The number of hydrogen-bond donors (Lipinski definition) is 2. The molecule has 1 aliphatic heterocycles. The van der Waals surface area contributed by atoms with Crippen LogP contribution in [0.2, 0.25) is 0 Å². The van der Waals surface area contributed by atoms with Crippen molar-refractivity contribution in [2.75, 3.05) is 13.2 Å². The fourth-order valence-electron chi connectivity index (χ4n) is 2.37. The molecule has 2 unspecified atom stereocenters. The standard InChI is InChI=1S/C16H32N2O3/c1-7-13-10-12(8-9-20-13)17-11-16(5,6)18-14(19)21-15(2,3)4/h12-13,17H,7-11H2,1-6H3,(H,18,19). The van der Waals surface area contributed by atoms with Gasteiger partial charge in [0.15, 0.2) is 0 Å². The van der Waals surface area contributed by atoms with Gasteiger partial charge in [-0.05, 0) is 53.9 Å². The zero-order chi connectivity index (χ0) is 16.1. The van der Waals surface area contributed by atoms with Crippen molar-refractivity contribution in [2.24, 2.45) is 0 Å². The molecule has 0 aliphatic carbocycles. The third kappa shape index (κ3) is 7.67. The SMILES string of the molecule is CCC1CC(NCC(C)(C)NC(=O)OC(C)(C)C)CCO1. The molecule has 0 saturated carbocycles. The normalized spacial score (nSPS) is 23.7. The van der Waals surface area contributed by atoms with Crippen molar-refractivity contribution in [3.8, 4) is 0 Å². The monoisotopic (exact) mass is 300 g/mol. The maximum atomic E-state index is 11.8. The molecule has 5 nitrogen and oxygen atoms in total. The first-order chi connectivity index (χ1) is 9.61. The zero-order valence-electron chi connectivity index (χ0n) is 14.4. The maximum absolute atomic E-state index is 11.8. The van der Waals surface area contributed by atoms with Crippen LogP contribution in [-0.4, -0.2) is 42.5 Å². The molecule has 0 bridgehead atoms. The molecule has 5 heteroatoms. The number of amides is 1. The molecule has 0 aromatic rings. The number of alkyl carbamates (subject to hydrolysis) is 1. The summed E-state index contributed by atoms with van der Waals surface area (Å²) in [6.07, 6.45) is 3.11. The molecule has 2 atom stereocenters. The molecule has 21 heavy (non-hydrogen) atoms. The van der Waals surface area contributed by atoms with E-state index < -0.39 is 5.60 Å². The van der Waals surface area contributed by atoms with Gasteiger partial charge < -0.3 is 20.1 Å². The Labute approximate surface area is 129 Å². The first-order valence-electron chi connectivity index (χ1n) is 7.97. The fourth-order valence-corrected chi connectivity index (χ4v) is 2.37. The summed E-state index contributed by atoms with van der Waals surface area (Å²) >= 11 is 0. The van der Waals surface area contributed by atoms with E-state index in [1.807, 2.05) is 34.6 Å². The van der Waals surface area contributed by atoms with Crippen LogP contribution < -0.4 is 10.6 Å². The Bertz CT molecular complexity index is 337. The summed E-state index contributed by atoms with van der Waals surface area (Å²) in [6.45, 7) is 13.3. The van der Waals surface area contributed by atoms with E-state index in [4.69, 9.17) is 9.47 Å². The van der Waals surface area contributed by atoms with Gasteiger partial charge in [-0.1, -0.05) is 6.92 Å². The second-order valence-corrected chi connectivity index (χ2v) is 7.51. The van der Waals surface area contributed by atoms with E-state index in [9.17, 15) is 4.79 Å². The molecule has 0 radical (unpaired) electrons. The van der Waals surface area contributed by atoms with Crippen molar-refractivity contribution in [2.45, 2.75) is 84.1 Å². The van der Waals surface area contributed by atoms with Crippen LogP contribution in [0.5, 0.6) is 0 Å². The topological polar surface area (TPSA) is 59.6 Å². The maximum Gasteiger partial charge on any atom is 0.408 e. The van der Waals surface area contributed by atoms with E-state index in [0.717, 1.165) is 25.9 Å². The molecule has 1 amide bonds. The first-order valence-corrected chi connectivity index (χ1v) is 7.97. The molecule has 1 rings (SSSR count). The largest absolute Gasteiger partial charge is 0.444 e. The van der Waals surface area contributed by atoms with Gasteiger partial charge in [0.05, 0.1) is 11.6 Å². The van der Waals surface area contributed by atoms with E-state index >= 15 is 0 Å². The molecule has 1 heterocycles. The number of rotatable bonds is 5. The number of hydrogen-bond acceptors (Lipinski definition) is 4. The van der Waals surface area contributed by atoms with Gasteiger partial charge in [-0.2, -0.15) is 0 Å². The third-order valence-electron chi connectivity index (χ3n) is 3.49. The summed E-state index contributed by atoms with van der Waals surface area (Å²) in [5.74, 6) is 0. The lowest BCUT2D eigenvalue weighted by Gasteiger charge is -2.34. The summed E-state index contributed by atoms with van der Waals surface area (Å²) in [4.78, 5) is 11.8. The van der Waals surface area contributed by atoms with Gasteiger partial charge in [0.1, 0.15) is 5.60 Å². The van der Waals surface area contributed by atoms with Gasteiger partial charge in [0, 0.05) is 19.2 Å². The molecule has 1 aliphatic rings. The number of carbonyl (C=O) groups excluding carboxylic acids is 1. The molecule has 2 N–H and O–H groups in total. The van der Waals surface area contributed by atoms with Crippen molar-refractivity contribution in [3.05, 3.63) is 0 Å². The van der Waals surface area contributed by atoms with Crippen LogP contribution in [0.3, 0.4) is 0 Å². The van der Waals surface area contributed by atoms with Crippen molar-refractivity contribution >= 4 is 6.09 Å². The number of nitrogens with one attached hydrogen (secondary N) is 2. The second-order valence-electron chi connectivity index (χ2n) is 7.51. The summed E-state index contributed by atoms with van der Waals surface area (Å²) in [5, 5.41) is 6.47.